The van der Waals surface area contributed by atoms with E-state index in [9.17, 15) is 4.79 Å². The van der Waals surface area contributed by atoms with Crippen molar-refractivity contribution in [2.75, 3.05) is 13.2 Å². The molecule has 0 bridgehead atoms. The molecular formula is C12H23NO2. The molecule has 0 aliphatic heterocycles. The van der Waals surface area contributed by atoms with E-state index in [1.165, 1.54) is 19.3 Å². The topological polar surface area (TPSA) is 38.3 Å². The summed E-state index contributed by atoms with van der Waals surface area (Å²) in [6, 6.07) is 0.428. The van der Waals surface area contributed by atoms with Crippen LogP contribution in [0.25, 0.3) is 0 Å². The van der Waals surface area contributed by atoms with Gasteiger partial charge in [-0.25, -0.2) is 0 Å². The van der Waals surface area contributed by atoms with Crippen molar-refractivity contribution in [3.05, 3.63) is 0 Å². The second kappa shape index (κ2) is 7.69. The molecular weight excluding hydrogens is 190 g/mol. The second-order valence-electron chi connectivity index (χ2n) is 4.26. The number of nitrogens with one attached hydrogen (secondary N) is 1. The maximum atomic E-state index is 11.5. The lowest BCUT2D eigenvalue weighted by molar-refractivity contribution is -0.123. The van der Waals surface area contributed by atoms with E-state index >= 15 is 0 Å². The number of ether oxygens (including phenoxy) is 1. The van der Waals surface area contributed by atoms with E-state index in [2.05, 4.69) is 12.2 Å². The highest BCUT2D eigenvalue weighted by Gasteiger charge is 2.14. The van der Waals surface area contributed by atoms with Crippen LogP contribution in [-0.4, -0.2) is 25.2 Å². The van der Waals surface area contributed by atoms with E-state index in [-0.39, 0.29) is 5.91 Å². The summed E-state index contributed by atoms with van der Waals surface area (Å²) in [5, 5.41) is 3.08. The number of carbonyl (C=O) groups excluding carboxylic acids is 1. The first-order chi connectivity index (χ1) is 7.33. The molecule has 1 fully saturated rings. The van der Waals surface area contributed by atoms with Crippen LogP contribution in [0.15, 0.2) is 0 Å². The van der Waals surface area contributed by atoms with Crippen molar-refractivity contribution in [2.45, 2.75) is 57.9 Å². The van der Waals surface area contributed by atoms with Crippen LogP contribution < -0.4 is 5.32 Å². The van der Waals surface area contributed by atoms with Crippen molar-refractivity contribution in [1.29, 1.82) is 0 Å². The number of rotatable bonds is 6. The highest BCUT2D eigenvalue weighted by Crippen LogP contribution is 2.17. The lowest BCUT2D eigenvalue weighted by Gasteiger charge is -2.22. The minimum absolute atomic E-state index is 0.151. The van der Waals surface area contributed by atoms with Crippen LogP contribution in [0, 0.1) is 0 Å². The van der Waals surface area contributed by atoms with Crippen molar-refractivity contribution >= 4 is 5.91 Å². The summed E-state index contributed by atoms with van der Waals surface area (Å²) in [5.41, 5.74) is 0. The van der Waals surface area contributed by atoms with Crippen molar-refractivity contribution < 1.29 is 9.53 Å². The zero-order valence-electron chi connectivity index (χ0n) is 9.76. The Morgan fingerprint density at radius 2 is 2.00 bits per heavy atom. The van der Waals surface area contributed by atoms with E-state index in [1.807, 2.05) is 0 Å². The van der Waals surface area contributed by atoms with Gasteiger partial charge in [-0.3, -0.25) is 4.79 Å². The van der Waals surface area contributed by atoms with Gasteiger partial charge in [0.2, 0.25) is 5.91 Å². The molecule has 1 aliphatic carbocycles. The molecule has 3 heteroatoms. The van der Waals surface area contributed by atoms with E-state index in [1.54, 1.807) is 0 Å². The lowest BCUT2D eigenvalue weighted by atomic mass is 9.95. The number of hydrogen-bond acceptors (Lipinski definition) is 2. The minimum Gasteiger partial charge on any atom is -0.381 e. The fourth-order valence-corrected chi connectivity index (χ4v) is 1.96. The average Bonchev–Trinajstić information content (AvgIpc) is 2.26. The molecule has 1 N–H and O–H groups in total. The van der Waals surface area contributed by atoms with Crippen LogP contribution in [0.1, 0.15) is 51.9 Å². The number of carbonyl (C=O) groups is 1. The molecule has 3 nitrogen and oxygen atoms in total. The van der Waals surface area contributed by atoms with Gasteiger partial charge < -0.3 is 10.1 Å². The number of hydrogen-bond donors (Lipinski definition) is 1. The quantitative estimate of drug-likeness (QED) is 0.687. The van der Waals surface area contributed by atoms with E-state index < -0.39 is 0 Å². The Bertz CT molecular complexity index is 176. The van der Waals surface area contributed by atoms with E-state index in [0.29, 0.717) is 19.1 Å². The van der Waals surface area contributed by atoms with Crippen LogP contribution in [0.2, 0.25) is 0 Å². The number of amides is 1. The standard InChI is InChI=1S/C12H23NO2/c1-2-9-15-10-8-12(14)13-11-6-4-3-5-7-11/h11H,2-10H2,1H3,(H,13,14). The molecule has 1 aliphatic rings. The summed E-state index contributed by atoms with van der Waals surface area (Å²) >= 11 is 0. The summed E-state index contributed by atoms with van der Waals surface area (Å²) < 4.78 is 5.28. The predicted octanol–water partition coefficient (Wildman–Crippen LogP) is 2.25. The summed E-state index contributed by atoms with van der Waals surface area (Å²) in [7, 11) is 0. The Morgan fingerprint density at radius 1 is 1.27 bits per heavy atom. The Balaban J connectivity index is 2.01. The molecule has 88 valence electrons. The van der Waals surface area contributed by atoms with Crippen molar-refractivity contribution in [3.8, 4) is 0 Å². The second-order valence-corrected chi connectivity index (χ2v) is 4.26. The normalized spacial score (nSPS) is 17.7. The Labute approximate surface area is 92.6 Å². The molecule has 0 saturated heterocycles. The first kappa shape index (κ1) is 12.5. The largest absolute Gasteiger partial charge is 0.381 e. The smallest absolute Gasteiger partial charge is 0.222 e. The molecule has 1 saturated carbocycles. The third-order valence-corrected chi connectivity index (χ3v) is 2.79. The van der Waals surface area contributed by atoms with Gasteiger partial charge in [0.05, 0.1) is 6.61 Å². The fraction of sp³-hybridized carbons (Fsp3) is 0.917. The van der Waals surface area contributed by atoms with Crippen LogP contribution in [-0.2, 0) is 9.53 Å². The van der Waals surface area contributed by atoms with Crippen LogP contribution in [0.4, 0.5) is 0 Å². The van der Waals surface area contributed by atoms with Crippen LogP contribution >= 0.6 is 0 Å². The SMILES string of the molecule is CCCOCCC(=O)NC1CCCCC1. The zero-order valence-corrected chi connectivity index (χ0v) is 9.76. The van der Waals surface area contributed by atoms with Gasteiger partial charge in [-0.05, 0) is 19.3 Å². The molecule has 0 aromatic heterocycles. The monoisotopic (exact) mass is 213 g/mol. The van der Waals surface area contributed by atoms with Crippen LogP contribution in [0.5, 0.6) is 0 Å². The third kappa shape index (κ3) is 5.78. The maximum absolute atomic E-state index is 11.5. The molecule has 0 spiro atoms. The van der Waals surface area contributed by atoms with Gasteiger partial charge in [0.15, 0.2) is 0 Å². The molecule has 1 amide bonds. The van der Waals surface area contributed by atoms with Crippen molar-refractivity contribution in [3.63, 3.8) is 0 Å². The molecule has 0 aromatic carbocycles. The Morgan fingerprint density at radius 3 is 2.67 bits per heavy atom. The average molecular weight is 213 g/mol. The Hall–Kier alpha value is -0.570. The first-order valence-electron chi connectivity index (χ1n) is 6.20. The molecule has 0 radical (unpaired) electrons. The van der Waals surface area contributed by atoms with E-state index in [4.69, 9.17) is 4.74 Å². The van der Waals surface area contributed by atoms with Gasteiger partial charge in [-0.15, -0.1) is 0 Å². The fourth-order valence-electron chi connectivity index (χ4n) is 1.96. The molecule has 0 unspecified atom stereocenters. The molecule has 0 aromatic rings. The maximum Gasteiger partial charge on any atom is 0.222 e. The first-order valence-corrected chi connectivity index (χ1v) is 6.20. The van der Waals surface area contributed by atoms with Crippen LogP contribution in [0.3, 0.4) is 0 Å². The third-order valence-electron chi connectivity index (χ3n) is 2.79. The molecule has 1 rings (SSSR count). The predicted molar refractivity (Wildman–Crippen MR) is 60.7 cm³/mol. The summed E-state index contributed by atoms with van der Waals surface area (Å²) in [4.78, 5) is 11.5. The molecule has 15 heavy (non-hydrogen) atoms. The van der Waals surface area contributed by atoms with Gasteiger partial charge in [0.1, 0.15) is 0 Å². The van der Waals surface area contributed by atoms with Crippen molar-refractivity contribution in [2.24, 2.45) is 0 Å². The van der Waals surface area contributed by atoms with Gasteiger partial charge >= 0.3 is 0 Å². The van der Waals surface area contributed by atoms with Crippen molar-refractivity contribution in [1.82, 2.24) is 5.32 Å². The van der Waals surface area contributed by atoms with Gasteiger partial charge in [0, 0.05) is 19.1 Å². The summed E-state index contributed by atoms with van der Waals surface area (Å²) in [6.45, 7) is 3.39. The zero-order chi connectivity index (χ0) is 10.9. The molecule has 0 heterocycles. The summed E-state index contributed by atoms with van der Waals surface area (Å²) in [5.74, 6) is 0.151. The van der Waals surface area contributed by atoms with E-state index in [0.717, 1.165) is 25.9 Å². The highest BCUT2D eigenvalue weighted by molar-refractivity contribution is 5.76. The highest BCUT2D eigenvalue weighted by atomic mass is 16.5. The molecule has 0 atom stereocenters. The minimum atomic E-state index is 0.151. The van der Waals surface area contributed by atoms with Gasteiger partial charge in [-0.2, -0.15) is 0 Å². The van der Waals surface area contributed by atoms with Gasteiger partial charge in [0.25, 0.3) is 0 Å². The summed E-state index contributed by atoms with van der Waals surface area (Å²) in [6.07, 6.45) is 7.68. The Kier molecular flexibility index (Phi) is 6.41. The van der Waals surface area contributed by atoms with Gasteiger partial charge in [-0.1, -0.05) is 26.2 Å². The lowest BCUT2D eigenvalue weighted by Crippen LogP contribution is -2.36.